The normalized spacial score (nSPS) is 53.8. The molecule has 4 saturated heterocycles. The van der Waals surface area contributed by atoms with Crippen LogP contribution in [-0.2, 0) is 23.7 Å². The number of hydrogen-bond donors (Lipinski definition) is 1. The second-order valence-corrected chi connectivity index (χ2v) is 7.03. The molecule has 4 fully saturated rings. The molecule has 1 N–H and O–H groups in total. The molecule has 0 aromatic carbocycles. The van der Waals surface area contributed by atoms with Gasteiger partial charge in [0.05, 0.1) is 50.3 Å². The monoisotopic (exact) mass is 305 g/mol. The first-order valence-corrected chi connectivity index (χ1v) is 7.92. The number of thioether (sulfide) groups is 1. The molecular formula is C13H20O6S. The van der Waals surface area contributed by atoms with Gasteiger partial charge in [-0.15, -0.1) is 11.8 Å². The summed E-state index contributed by atoms with van der Waals surface area (Å²) in [6.07, 6.45) is -0.744. The van der Waals surface area contributed by atoms with Crippen LogP contribution in [0.5, 0.6) is 0 Å². The fourth-order valence-electron chi connectivity index (χ4n) is 3.31. The Morgan fingerprint density at radius 1 is 1.30 bits per heavy atom. The van der Waals surface area contributed by atoms with Gasteiger partial charge >= 0.3 is 0 Å². The van der Waals surface area contributed by atoms with Crippen molar-refractivity contribution in [3.8, 4) is 0 Å². The van der Waals surface area contributed by atoms with Crippen LogP contribution in [-0.4, -0.2) is 78.8 Å². The Balaban J connectivity index is 1.27. The number of ether oxygens (including phenoxy) is 5. The molecule has 6 nitrogen and oxygen atoms in total. The van der Waals surface area contributed by atoms with Crippen LogP contribution < -0.4 is 0 Å². The minimum Gasteiger partial charge on any atom is -0.387 e. The minimum absolute atomic E-state index is 0.0645. The van der Waals surface area contributed by atoms with Crippen LogP contribution >= 0.6 is 11.8 Å². The first-order chi connectivity index (χ1) is 10.2. The van der Waals surface area contributed by atoms with Gasteiger partial charge in [-0.05, 0) is 6.90 Å². The molecule has 0 aliphatic carbocycles. The summed E-state index contributed by atoms with van der Waals surface area (Å²) < 4.78 is 35.8. The predicted octanol–water partition coefficient (Wildman–Crippen LogP) is -0.221. The number of hydrogen-bond acceptors (Lipinski definition) is 7. The quantitative estimate of drug-likeness (QED) is 0.556. The van der Waals surface area contributed by atoms with Gasteiger partial charge in [-0.25, -0.2) is 0 Å². The highest BCUT2D eigenvalue weighted by atomic mass is 32.2. The molecule has 4 heterocycles. The Bertz CT molecular complexity index is 394. The second kappa shape index (κ2) is 4.81. The predicted molar refractivity (Wildman–Crippen MR) is 70.7 cm³/mol. The molecule has 0 aromatic rings. The maximum Gasteiger partial charge on any atom is 0.143 e. The molecule has 0 saturated carbocycles. The molecule has 6 atom stereocenters. The molecule has 4 bridgehead atoms. The summed E-state index contributed by atoms with van der Waals surface area (Å²) in [4.78, 5) is 0. The van der Waals surface area contributed by atoms with Crippen LogP contribution in [0.25, 0.3) is 0 Å². The first-order valence-electron chi connectivity index (χ1n) is 7.58. The molecule has 0 radical (unpaired) electrons. The molecule has 7 heteroatoms. The molecule has 4 aliphatic heterocycles. The highest BCUT2D eigenvalue weighted by Gasteiger charge is 2.57. The van der Waals surface area contributed by atoms with Crippen molar-refractivity contribution in [3.05, 3.63) is 0 Å². The zero-order valence-electron chi connectivity index (χ0n) is 12.2. The lowest BCUT2D eigenvalue weighted by Gasteiger charge is -2.27. The van der Waals surface area contributed by atoms with Crippen LogP contribution in [0, 0.1) is 0 Å². The molecule has 0 amide bonds. The van der Waals surface area contributed by atoms with E-state index >= 15 is 0 Å². The van der Waals surface area contributed by atoms with E-state index in [1.54, 1.807) is 11.8 Å². The standard InChI is InChI=1S/C13H20O6S/c1-12-4-16-9(3-18-12)11(12)20-7-15-5-13-6-17-8(2-19-13)10(13)14/h8-11,14H,2-7H2,1H3/t8-,9-,10-,11-,12-,13-/m0/s1/i1D. The zero-order valence-corrected chi connectivity index (χ0v) is 12.0. The highest BCUT2D eigenvalue weighted by Crippen LogP contribution is 2.43. The summed E-state index contributed by atoms with van der Waals surface area (Å²) in [5, 5.41) is 10.2. The Hall–Kier alpha value is 0.110. The van der Waals surface area contributed by atoms with Gasteiger partial charge in [-0.2, -0.15) is 0 Å². The van der Waals surface area contributed by atoms with Gasteiger partial charge in [0.1, 0.15) is 23.4 Å². The van der Waals surface area contributed by atoms with Gasteiger partial charge in [0.25, 0.3) is 0 Å². The number of aliphatic hydroxyl groups is 1. The summed E-state index contributed by atoms with van der Waals surface area (Å²) in [7, 11) is 0. The van der Waals surface area contributed by atoms with Gasteiger partial charge in [0.15, 0.2) is 0 Å². The average Bonchev–Trinajstić information content (AvgIpc) is 3.23. The lowest BCUT2D eigenvalue weighted by molar-refractivity contribution is -0.130. The third-order valence-electron chi connectivity index (χ3n) is 4.58. The van der Waals surface area contributed by atoms with Gasteiger partial charge < -0.3 is 28.8 Å². The van der Waals surface area contributed by atoms with Crippen molar-refractivity contribution in [2.24, 2.45) is 0 Å². The van der Waals surface area contributed by atoms with E-state index in [1.807, 2.05) is 0 Å². The summed E-state index contributed by atoms with van der Waals surface area (Å²) in [5.41, 5.74) is -1.16. The van der Waals surface area contributed by atoms with Crippen molar-refractivity contribution in [3.63, 3.8) is 0 Å². The van der Waals surface area contributed by atoms with Crippen LogP contribution in [0.4, 0.5) is 0 Å². The topological polar surface area (TPSA) is 66.4 Å². The van der Waals surface area contributed by atoms with Gasteiger partial charge in [0, 0.05) is 1.37 Å². The fourth-order valence-corrected chi connectivity index (χ4v) is 4.44. The Kier molecular flexibility index (Phi) is 3.04. The van der Waals surface area contributed by atoms with Crippen molar-refractivity contribution in [1.29, 1.82) is 0 Å². The van der Waals surface area contributed by atoms with Crippen LogP contribution in [0.1, 0.15) is 8.27 Å². The van der Waals surface area contributed by atoms with Crippen molar-refractivity contribution >= 4 is 11.8 Å². The molecule has 114 valence electrons. The SMILES string of the molecule is [2H]C[C@@]12CO[C@@H](CO1)[C@@H]2SCOC[C@@]12CO[C@@H](CO1)[C@@H]2O. The maximum atomic E-state index is 10.1. The number of fused-ring (bicyclic) bond motifs is 4. The molecule has 20 heavy (non-hydrogen) atoms. The smallest absolute Gasteiger partial charge is 0.143 e. The second-order valence-electron chi connectivity index (χ2n) is 5.95. The molecule has 0 spiro atoms. The van der Waals surface area contributed by atoms with E-state index < -0.39 is 17.3 Å². The summed E-state index contributed by atoms with van der Waals surface area (Å²) in [6.45, 7) is 2.43. The van der Waals surface area contributed by atoms with Crippen molar-refractivity contribution in [2.45, 2.75) is 41.7 Å². The van der Waals surface area contributed by atoms with Gasteiger partial charge in [-0.1, -0.05) is 0 Å². The van der Waals surface area contributed by atoms with E-state index in [0.29, 0.717) is 39.0 Å². The number of rotatable bonds is 5. The van der Waals surface area contributed by atoms with Crippen LogP contribution in [0.15, 0.2) is 0 Å². The number of aliphatic hydroxyl groups excluding tert-OH is 1. The lowest BCUT2D eigenvalue weighted by atomic mass is 10.0. The Morgan fingerprint density at radius 2 is 2.15 bits per heavy atom. The molecule has 0 unspecified atom stereocenters. The van der Waals surface area contributed by atoms with E-state index in [0.717, 1.165) is 0 Å². The van der Waals surface area contributed by atoms with Crippen LogP contribution in [0.2, 0.25) is 0 Å². The summed E-state index contributed by atoms with van der Waals surface area (Å²) in [6, 6.07) is 0. The molecular weight excluding hydrogens is 284 g/mol. The van der Waals surface area contributed by atoms with E-state index in [-0.39, 0.29) is 24.4 Å². The summed E-state index contributed by atoms with van der Waals surface area (Å²) in [5.74, 6) is 0.470. The maximum absolute atomic E-state index is 10.1. The minimum atomic E-state index is -0.694. The van der Waals surface area contributed by atoms with Gasteiger partial charge in [-0.3, -0.25) is 0 Å². The van der Waals surface area contributed by atoms with E-state index in [9.17, 15) is 5.11 Å². The highest BCUT2D eigenvalue weighted by molar-refractivity contribution is 7.99. The molecule has 4 rings (SSSR count). The van der Waals surface area contributed by atoms with Crippen LogP contribution in [0.3, 0.4) is 0 Å². The largest absolute Gasteiger partial charge is 0.387 e. The third kappa shape index (κ3) is 1.95. The van der Waals surface area contributed by atoms with Crippen molar-refractivity contribution in [2.75, 3.05) is 39.0 Å². The van der Waals surface area contributed by atoms with Gasteiger partial charge in [0.2, 0.25) is 0 Å². The van der Waals surface area contributed by atoms with Crippen molar-refractivity contribution < 1.29 is 30.2 Å². The Labute approximate surface area is 123 Å². The fraction of sp³-hybridized carbons (Fsp3) is 1.00. The molecule has 4 aliphatic rings. The van der Waals surface area contributed by atoms with E-state index in [2.05, 4.69) is 0 Å². The van der Waals surface area contributed by atoms with Crippen molar-refractivity contribution in [1.82, 2.24) is 0 Å². The average molecular weight is 305 g/mol. The van der Waals surface area contributed by atoms with E-state index in [4.69, 9.17) is 25.1 Å². The lowest BCUT2D eigenvalue weighted by Crippen LogP contribution is -2.44. The summed E-state index contributed by atoms with van der Waals surface area (Å²) >= 11 is 1.62. The Morgan fingerprint density at radius 3 is 2.75 bits per heavy atom. The molecule has 0 aromatic heterocycles. The third-order valence-corrected chi connectivity index (χ3v) is 5.97. The zero-order chi connectivity index (χ0) is 14.5. The van der Waals surface area contributed by atoms with E-state index in [1.165, 1.54) is 0 Å². The first kappa shape index (κ1) is 12.6.